The second-order valence-electron chi connectivity index (χ2n) is 6.72. The van der Waals surface area contributed by atoms with Crippen molar-refractivity contribution >= 4 is 60.5 Å². The maximum atomic E-state index is 12.8. The molecule has 2 aromatic carbocycles. The average Bonchev–Trinajstić information content (AvgIpc) is 3.21. The van der Waals surface area contributed by atoms with Crippen molar-refractivity contribution in [2.24, 2.45) is 0 Å². The highest BCUT2D eigenvalue weighted by molar-refractivity contribution is 7.92. The molecule has 30 heavy (non-hydrogen) atoms. The third-order valence-electron chi connectivity index (χ3n) is 4.24. The van der Waals surface area contributed by atoms with Crippen molar-refractivity contribution < 1.29 is 13.2 Å². The number of carbonyl (C=O) groups is 1. The predicted molar refractivity (Wildman–Crippen MR) is 122 cm³/mol. The lowest BCUT2D eigenvalue weighted by molar-refractivity contribution is 0.103. The number of fused-ring (bicyclic) bond motifs is 1. The van der Waals surface area contributed by atoms with E-state index in [1.807, 2.05) is 25.1 Å². The fourth-order valence-electron chi connectivity index (χ4n) is 3.01. The second kappa shape index (κ2) is 7.75. The van der Waals surface area contributed by atoms with Crippen LogP contribution in [0.25, 0.3) is 15.9 Å². The Hall–Kier alpha value is -2.88. The number of aromatic nitrogens is 2. The Kier molecular flexibility index (Phi) is 5.27. The van der Waals surface area contributed by atoms with Gasteiger partial charge in [0.1, 0.15) is 4.83 Å². The van der Waals surface area contributed by atoms with Gasteiger partial charge in [0.25, 0.3) is 5.91 Å². The summed E-state index contributed by atoms with van der Waals surface area (Å²) >= 11 is 7.43. The molecule has 0 radical (unpaired) electrons. The summed E-state index contributed by atoms with van der Waals surface area (Å²) in [5.41, 5.74) is 2.48. The minimum Gasteiger partial charge on any atom is -0.321 e. The minimum atomic E-state index is -3.40. The summed E-state index contributed by atoms with van der Waals surface area (Å²) in [6.07, 6.45) is 1.07. The fraction of sp³-hybridized carbons (Fsp3) is 0.100. The number of amides is 1. The third-order valence-corrected chi connectivity index (χ3v) is 6.20. The predicted octanol–water partition coefficient (Wildman–Crippen LogP) is 4.67. The van der Waals surface area contributed by atoms with E-state index in [1.54, 1.807) is 41.1 Å². The van der Waals surface area contributed by atoms with Gasteiger partial charge in [0.2, 0.25) is 10.0 Å². The molecule has 154 valence electrons. The van der Waals surface area contributed by atoms with Crippen molar-refractivity contribution in [2.45, 2.75) is 6.92 Å². The van der Waals surface area contributed by atoms with Crippen LogP contribution < -0.4 is 10.0 Å². The van der Waals surface area contributed by atoms with Crippen molar-refractivity contribution in [3.05, 3.63) is 70.2 Å². The molecular formula is C20H17ClN4O3S2. The molecule has 0 aliphatic rings. The Balaban J connectivity index is 1.63. The number of anilines is 2. The molecule has 0 unspecified atom stereocenters. The van der Waals surface area contributed by atoms with Crippen molar-refractivity contribution in [2.75, 3.05) is 16.3 Å². The number of aryl methyl sites for hydroxylation is 1. The van der Waals surface area contributed by atoms with E-state index in [0.29, 0.717) is 21.3 Å². The highest BCUT2D eigenvalue weighted by atomic mass is 35.5. The minimum absolute atomic E-state index is 0.287. The molecule has 4 rings (SSSR count). The average molecular weight is 461 g/mol. The lowest BCUT2D eigenvalue weighted by atomic mass is 10.2. The highest BCUT2D eigenvalue weighted by Gasteiger charge is 2.17. The van der Waals surface area contributed by atoms with Gasteiger partial charge in [-0.2, -0.15) is 5.10 Å². The van der Waals surface area contributed by atoms with Gasteiger partial charge >= 0.3 is 0 Å². The van der Waals surface area contributed by atoms with E-state index >= 15 is 0 Å². The van der Waals surface area contributed by atoms with Crippen LogP contribution in [0.1, 0.15) is 15.4 Å². The van der Waals surface area contributed by atoms with Crippen LogP contribution in [0.15, 0.2) is 54.6 Å². The lowest BCUT2D eigenvalue weighted by Crippen LogP contribution is -2.12. The maximum Gasteiger partial charge on any atom is 0.265 e. The van der Waals surface area contributed by atoms with Crippen molar-refractivity contribution in [3.63, 3.8) is 0 Å². The largest absolute Gasteiger partial charge is 0.321 e. The third kappa shape index (κ3) is 4.33. The first-order valence-corrected chi connectivity index (χ1v) is 11.9. The molecule has 2 N–H and O–H groups in total. The Morgan fingerprint density at radius 2 is 1.83 bits per heavy atom. The summed E-state index contributed by atoms with van der Waals surface area (Å²) in [6.45, 7) is 1.89. The SMILES string of the molecule is Cc1nn(-c2cccc(Cl)c2)c2sc(C(=O)Nc3cccc(NS(C)(=O)=O)c3)cc12. The van der Waals surface area contributed by atoms with Gasteiger partial charge < -0.3 is 5.32 Å². The Labute approximate surface area is 182 Å². The van der Waals surface area contributed by atoms with Gasteiger partial charge in [-0.15, -0.1) is 11.3 Å². The summed E-state index contributed by atoms with van der Waals surface area (Å²) in [6, 6.07) is 15.7. The Morgan fingerprint density at radius 3 is 2.57 bits per heavy atom. The van der Waals surface area contributed by atoms with E-state index in [1.165, 1.54) is 11.3 Å². The number of benzene rings is 2. The van der Waals surface area contributed by atoms with Gasteiger partial charge in [0, 0.05) is 16.1 Å². The zero-order chi connectivity index (χ0) is 21.5. The van der Waals surface area contributed by atoms with E-state index < -0.39 is 10.0 Å². The van der Waals surface area contributed by atoms with Crippen molar-refractivity contribution in [1.29, 1.82) is 0 Å². The molecule has 0 atom stereocenters. The van der Waals surface area contributed by atoms with E-state index in [2.05, 4.69) is 15.1 Å². The maximum absolute atomic E-state index is 12.8. The topological polar surface area (TPSA) is 93.1 Å². The molecule has 4 aromatic rings. The summed E-state index contributed by atoms with van der Waals surface area (Å²) in [4.78, 5) is 14.2. The number of sulfonamides is 1. The number of rotatable bonds is 5. The number of carbonyl (C=O) groups excluding carboxylic acids is 1. The van der Waals surface area contributed by atoms with E-state index in [-0.39, 0.29) is 5.91 Å². The van der Waals surface area contributed by atoms with Gasteiger partial charge in [-0.25, -0.2) is 13.1 Å². The number of hydrogen-bond acceptors (Lipinski definition) is 5. The van der Waals surface area contributed by atoms with Gasteiger partial charge in [-0.1, -0.05) is 23.7 Å². The van der Waals surface area contributed by atoms with Gasteiger partial charge in [-0.05, 0) is 49.4 Å². The normalized spacial score (nSPS) is 11.6. The van der Waals surface area contributed by atoms with Crippen LogP contribution in [-0.4, -0.2) is 30.4 Å². The summed E-state index contributed by atoms with van der Waals surface area (Å²) < 4.78 is 27.0. The molecule has 0 aliphatic carbocycles. The second-order valence-corrected chi connectivity index (χ2v) is 9.93. The van der Waals surface area contributed by atoms with Crippen LogP contribution >= 0.6 is 22.9 Å². The zero-order valence-electron chi connectivity index (χ0n) is 16.0. The molecule has 2 aromatic heterocycles. The lowest BCUT2D eigenvalue weighted by Gasteiger charge is -2.07. The number of nitrogens with one attached hydrogen (secondary N) is 2. The molecule has 7 nitrogen and oxygen atoms in total. The summed E-state index contributed by atoms with van der Waals surface area (Å²) in [5.74, 6) is -0.287. The van der Waals surface area contributed by atoms with Crippen LogP contribution in [0, 0.1) is 6.92 Å². The Morgan fingerprint density at radius 1 is 1.10 bits per heavy atom. The van der Waals surface area contributed by atoms with Crippen LogP contribution in [0.4, 0.5) is 11.4 Å². The number of nitrogens with zero attached hydrogens (tertiary/aromatic N) is 2. The Bertz CT molecular complexity index is 1380. The molecule has 0 fully saturated rings. The molecule has 0 saturated carbocycles. The standard InChI is InChI=1S/C20H17ClN4O3S2/c1-12-17-11-18(29-20(17)25(23-12)16-8-3-5-13(21)9-16)19(26)22-14-6-4-7-15(10-14)24-30(2,27)28/h3-11,24H,1-2H3,(H,22,26). The monoisotopic (exact) mass is 460 g/mol. The molecule has 2 heterocycles. The molecule has 0 saturated heterocycles. The van der Waals surface area contributed by atoms with E-state index in [9.17, 15) is 13.2 Å². The quantitative estimate of drug-likeness (QED) is 0.452. The first-order valence-electron chi connectivity index (χ1n) is 8.84. The van der Waals surface area contributed by atoms with Crippen LogP contribution in [0.2, 0.25) is 5.02 Å². The number of halogens is 1. The van der Waals surface area contributed by atoms with Crippen LogP contribution in [-0.2, 0) is 10.0 Å². The molecule has 0 aliphatic heterocycles. The molecule has 10 heteroatoms. The van der Waals surface area contributed by atoms with Gasteiger partial charge in [0.15, 0.2) is 0 Å². The number of thiophene rings is 1. The first kappa shape index (κ1) is 20.4. The molecule has 0 bridgehead atoms. The van der Waals surface area contributed by atoms with E-state index in [0.717, 1.165) is 27.9 Å². The number of hydrogen-bond donors (Lipinski definition) is 2. The zero-order valence-corrected chi connectivity index (χ0v) is 18.4. The molecular weight excluding hydrogens is 444 g/mol. The van der Waals surface area contributed by atoms with Gasteiger partial charge in [-0.3, -0.25) is 9.52 Å². The summed E-state index contributed by atoms with van der Waals surface area (Å²) in [5, 5.41) is 8.86. The smallest absolute Gasteiger partial charge is 0.265 e. The van der Waals surface area contributed by atoms with E-state index in [4.69, 9.17) is 11.6 Å². The van der Waals surface area contributed by atoms with Crippen molar-refractivity contribution in [3.8, 4) is 5.69 Å². The summed E-state index contributed by atoms with van der Waals surface area (Å²) in [7, 11) is -3.40. The van der Waals surface area contributed by atoms with Crippen molar-refractivity contribution in [1.82, 2.24) is 9.78 Å². The van der Waals surface area contributed by atoms with Gasteiger partial charge in [0.05, 0.1) is 28.2 Å². The molecule has 1 amide bonds. The van der Waals surface area contributed by atoms with Crippen LogP contribution in [0.5, 0.6) is 0 Å². The highest BCUT2D eigenvalue weighted by Crippen LogP contribution is 2.31. The van der Waals surface area contributed by atoms with Crippen LogP contribution in [0.3, 0.4) is 0 Å². The molecule has 0 spiro atoms. The first-order chi connectivity index (χ1) is 14.2. The fourth-order valence-corrected chi connectivity index (χ4v) is 4.83.